The zero-order chi connectivity index (χ0) is 15.7. The van der Waals surface area contributed by atoms with Crippen molar-refractivity contribution in [2.45, 2.75) is 50.5 Å². The molecule has 2 N–H and O–H groups in total. The highest BCUT2D eigenvalue weighted by molar-refractivity contribution is 5.89. The predicted molar refractivity (Wildman–Crippen MR) is 87.0 cm³/mol. The monoisotopic (exact) mass is 302 g/mol. The van der Waals surface area contributed by atoms with Crippen molar-refractivity contribution in [3.05, 3.63) is 29.3 Å². The number of ether oxygens (including phenoxy) is 1. The van der Waals surface area contributed by atoms with Crippen LogP contribution in [0, 0.1) is 6.92 Å². The standard InChI is InChI=1S/C18H26N2O2/c1-13-5-6-14(11-16(13)22-2)18(8-3-4-9-18)17(21)20-10-7-15(19)12-20/h5-6,11,15H,3-4,7-10,12,19H2,1-2H3. The van der Waals surface area contributed by atoms with Crippen LogP contribution >= 0.6 is 0 Å². The third kappa shape index (κ3) is 2.50. The number of hydrogen-bond acceptors (Lipinski definition) is 3. The quantitative estimate of drug-likeness (QED) is 0.932. The van der Waals surface area contributed by atoms with E-state index in [0.717, 1.165) is 55.5 Å². The molecule has 1 aromatic carbocycles. The number of hydrogen-bond donors (Lipinski definition) is 1. The molecule has 2 fully saturated rings. The summed E-state index contributed by atoms with van der Waals surface area (Å²) in [6, 6.07) is 6.37. The van der Waals surface area contributed by atoms with Crippen molar-refractivity contribution in [3.63, 3.8) is 0 Å². The van der Waals surface area contributed by atoms with Crippen LogP contribution < -0.4 is 10.5 Å². The number of aryl methyl sites for hydroxylation is 1. The Hall–Kier alpha value is -1.55. The lowest BCUT2D eigenvalue weighted by Gasteiger charge is -2.33. The van der Waals surface area contributed by atoms with E-state index in [2.05, 4.69) is 18.2 Å². The van der Waals surface area contributed by atoms with Crippen LogP contribution in [0.2, 0.25) is 0 Å². The molecule has 4 nitrogen and oxygen atoms in total. The van der Waals surface area contributed by atoms with Crippen LogP contribution in [0.15, 0.2) is 18.2 Å². The molecule has 1 amide bonds. The average molecular weight is 302 g/mol. The molecule has 0 radical (unpaired) electrons. The summed E-state index contributed by atoms with van der Waals surface area (Å²) in [6.07, 6.45) is 5.01. The van der Waals surface area contributed by atoms with Crippen molar-refractivity contribution >= 4 is 5.91 Å². The molecule has 120 valence electrons. The first kappa shape index (κ1) is 15.3. The fourth-order valence-corrected chi connectivity index (χ4v) is 4.00. The normalized spacial score (nSPS) is 23.8. The van der Waals surface area contributed by atoms with E-state index in [4.69, 9.17) is 10.5 Å². The van der Waals surface area contributed by atoms with E-state index in [1.54, 1.807) is 7.11 Å². The Balaban J connectivity index is 1.96. The molecule has 1 heterocycles. The summed E-state index contributed by atoms with van der Waals surface area (Å²) in [7, 11) is 1.69. The van der Waals surface area contributed by atoms with Crippen molar-refractivity contribution in [2.24, 2.45) is 5.73 Å². The van der Waals surface area contributed by atoms with Gasteiger partial charge in [-0.3, -0.25) is 4.79 Å². The van der Waals surface area contributed by atoms with Gasteiger partial charge in [0, 0.05) is 19.1 Å². The fraction of sp³-hybridized carbons (Fsp3) is 0.611. The van der Waals surface area contributed by atoms with Crippen LogP contribution in [0.4, 0.5) is 0 Å². The zero-order valence-corrected chi connectivity index (χ0v) is 13.6. The highest BCUT2D eigenvalue weighted by Crippen LogP contribution is 2.44. The predicted octanol–water partition coefficient (Wildman–Crippen LogP) is 2.38. The van der Waals surface area contributed by atoms with Gasteiger partial charge in [-0.05, 0) is 43.4 Å². The Morgan fingerprint density at radius 1 is 1.36 bits per heavy atom. The summed E-state index contributed by atoms with van der Waals surface area (Å²) >= 11 is 0. The van der Waals surface area contributed by atoms with E-state index in [-0.39, 0.29) is 17.4 Å². The molecule has 1 atom stereocenters. The zero-order valence-electron chi connectivity index (χ0n) is 13.6. The second-order valence-corrected chi connectivity index (χ2v) is 6.77. The van der Waals surface area contributed by atoms with Crippen LogP contribution in [0.3, 0.4) is 0 Å². The molecule has 0 bridgehead atoms. The number of benzene rings is 1. The lowest BCUT2D eigenvalue weighted by atomic mass is 9.77. The lowest BCUT2D eigenvalue weighted by molar-refractivity contribution is -0.136. The van der Waals surface area contributed by atoms with E-state index < -0.39 is 0 Å². The number of rotatable bonds is 3. The van der Waals surface area contributed by atoms with Gasteiger partial charge in [0.2, 0.25) is 5.91 Å². The van der Waals surface area contributed by atoms with Gasteiger partial charge in [0.25, 0.3) is 0 Å². The van der Waals surface area contributed by atoms with Gasteiger partial charge in [-0.25, -0.2) is 0 Å². The Labute approximate surface area is 132 Å². The molecular formula is C18H26N2O2. The molecule has 1 aromatic rings. The summed E-state index contributed by atoms with van der Waals surface area (Å²) in [6.45, 7) is 3.53. The Morgan fingerprint density at radius 2 is 2.09 bits per heavy atom. The smallest absolute Gasteiger partial charge is 0.233 e. The minimum Gasteiger partial charge on any atom is -0.496 e. The van der Waals surface area contributed by atoms with Gasteiger partial charge in [0.1, 0.15) is 5.75 Å². The van der Waals surface area contributed by atoms with E-state index in [0.29, 0.717) is 6.54 Å². The SMILES string of the molecule is COc1cc(C2(C(=O)N3CCC(N)C3)CCCC2)ccc1C. The molecule has 1 saturated carbocycles. The van der Waals surface area contributed by atoms with Crippen LogP contribution in [-0.2, 0) is 10.2 Å². The topological polar surface area (TPSA) is 55.6 Å². The molecule has 22 heavy (non-hydrogen) atoms. The summed E-state index contributed by atoms with van der Waals surface area (Å²) in [5.74, 6) is 1.14. The summed E-state index contributed by atoms with van der Waals surface area (Å²) < 4.78 is 5.47. The van der Waals surface area contributed by atoms with Crippen LogP contribution in [0.5, 0.6) is 5.75 Å². The fourth-order valence-electron chi connectivity index (χ4n) is 4.00. The van der Waals surface area contributed by atoms with E-state index in [9.17, 15) is 4.79 Å². The van der Waals surface area contributed by atoms with Crippen molar-refractivity contribution < 1.29 is 9.53 Å². The van der Waals surface area contributed by atoms with E-state index in [1.165, 1.54) is 0 Å². The summed E-state index contributed by atoms with van der Waals surface area (Å²) in [4.78, 5) is 15.2. The van der Waals surface area contributed by atoms with Gasteiger partial charge in [-0.15, -0.1) is 0 Å². The Kier molecular flexibility index (Phi) is 4.13. The van der Waals surface area contributed by atoms with Gasteiger partial charge in [-0.2, -0.15) is 0 Å². The van der Waals surface area contributed by atoms with Gasteiger partial charge >= 0.3 is 0 Å². The minimum atomic E-state index is -0.370. The lowest BCUT2D eigenvalue weighted by Crippen LogP contribution is -2.45. The molecule has 1 unspecified atom stereocenters. The Bertz CT molecular complexity index is 564. The summed E-state index contributed by atoms with van der Waals surface area (Å²) in [5.41, 5.74) is 7.84. The van der Waals surface area contributed by atoms with E-state index in [1.807, 2.05) is 11.8 Å². The number of nitrogens with two attached hydrogens (primary N) is 1. The maximum atomic E-state index is 13.2. The number of carbonyl (C=O) groups excluding carboxylic acids is 1. The minimum absolute atomic E-state index is 0.134. The van der Waals surface area contributed by atoms with E-state index >= 15 is 0 Å². The molecule has 0 aromatic heterocycles. The molecule has 1 aliphatic heterocycles. The highest BCUT2D eigenvalue weighted by Gasteiger charge is 2.46. The molecule has 0 spiro atoms. The number of methoxy groups -OCH3 is 1. The molecule has 1 saturated heterocycles. The van der Waals surface area contributed by atoms with Crippen molar-refractivity contribution in [2.75, 3.05) is 20.2 Å². The largest absolute Gasteiger partial charge is 0.496 e. The van der Waals surface area contributed by atoms with Gasteiger partial charge in [0.05, 0.1) is 12.5 Å². The van der Waals surface area contributed by atoms with Gasteiger partial charge in [0.15, 0.2) is 0 Å². The number of nitrogens with zero attached hydrogens (tertiary/aromatic N) is 1. The maximum absolute atomic E-state index is 13.2. The molecule has 2 aliphatic rings. The second-order valence-electron chi connectivity index (χ2n) is 6.77. The average Bonchev–Trinajstić information content (AvgIpc) is 3.17. The third-order valence-electron chi connectivity index (χ3n) is 5.34. The molecule has 4 heteroatoms. The first-order valence-corrected chi connectivity index (χ1v) is 8.27. The second kappa shape index (κ2) is 5.92. The number of likely N-dealkylation sites (tertiary alicyclic amines) is 1. The molecular weight excluding hydrogens is 276 g/mol. The van der Waals surface area contributed by atoms with Gasteiger partial charge in [-0.1, -0.05) is 25.0 Å². The Morgan fingerprint density at radius 3 is 2.68 bits per heavy atom. The van der Waals surface area contributed by atoms with Crippen molar-refractivity contribution in [3.8, 4) is 5.75 Å². The molecule has 3 rings (SSSR count). The number of amides is 1. The van der Waals surface area contributed by atoms with Crippen LogP contribution in [0.25, 0.3) is 0 Å². The van der Waals surface area contributed by atoms with Crippen molar-refractivity contribution in [1.29, 1.82) is 0 Å². The van der Waals surface area contributed by atoms with Crippen molar-refractivity contribution in [1.82, 2.24) is 4.90 Å². The summed E-state index contributed by atoms with van der Waals surface area (Å²) in [5, 5.41) is 0. The maximum Gasteiger partial charge on any atom is 0.233 e. The van der Waals surface area contributed by atoms with Crippen LogP contribution in [0.1, 0.15) is 43.2 Å². The highest BCUT2D eigenvalue weighted by atomic mass is 16.5. The third-order valence-corrected chi connectivity index (χ3v) is 5.34. The first-order valence-electron chi connectivity index (χ1n) is 8.27. The van der Waals surface area contributed by atoms with Crippen LogP contribution in [-0.4, -0.2) is 37.0 Å². The number of carbonyl (C=O) groups is 1. The molecule has 1 aliphatic carbocycles. The van der Waals surface area contributed by atoms with Gasteiger partial charge < -0.3 is 15.4 Å². The first-order chi connectivity index (χ1) is 10.6.